The van der Waals surface area contributed by atoms with Crippen molar-refractivity contribution in [3.63, 3.8) is 0 Å². The molecule has 2 aliphatic heterocycles. The summed E-state index contributed by atoms with van der Waals surface area (Å²) in [6.07, 6.45) is -0.444. The predicted octanol–water partition coefficient (Wildman–Crippen LogP) is 1.46. The van der Waals surface area contributed by atoms with Crippen LogP contribution in [0.25, 0.3) is 0 Å². The van der Waals surface area contributed by atoms with Crippen molar-refractivity contribution in [2.45, 2.75) is 31.1 Å². The Morgan fingerprint density at radius 1 is 1.28 bits per heavy atom. The van der Waals surface area contributed by atoms with Gasteiger partial charge in [-0.2, -0.15) is 4.99 Å². The second kappa shape index (κ2) is 6.80. The fourth-order valence-corrected chi connectivity index (χ4v) is 6.98. The summed E-state index contributed by atoms with van der Waals surface area (Å²) < 4.78 is 24.0. The molecular weight excluding hydrogens is 364 g/mol. The summed E-state index contributed by atoms with van der Waals surface area (Å²) in [5.41, 5.74) is 1.78. The van der Waals surface area contributed by atoms with Crippen molar-refractivity contribution in [1.82, 2.24) is 0 Å². The van der Waals surface area contributed by atoms with E-state index in [4.69, 9.17) is 5.11 Å². The number of carbonyl (C=O) groups excluding carboxylic acids is 1. The molecule has 1 amide bonds. The maximum absolute atomic E-state index is 12.0. The van der Waals surface area contributed by atoms with E-state index >= 15 is 0 Å². The summed E-state index contributed by atoms with van der Waals surface area (Å²) >= 11 is 1.29. The molecule has 0 radical (unpaired) electrons. The first-order valence-electron chi connectivity index (χ1n) is 7.82. The van der Waals surface area contributed by atoms with Crippen LogP contribution in [0.15, 0.2) is 29.3 Å². The van der Waals surface area contributed by atoms with Gasteiger partial charge < -0.3 is 10.0 Å². The van der Waals surface area contributed by atoms with Gasteiger partial charge in [-0.15, -0.1) is 0 Å². The molecule has 2 atom stereocenters. The molecule has 2 saturated heterocycles. The molecular formula is C16H18N2O5S2. The number of carboxylic acid groups (broad SMARTS) is 1. The molecule has 134 valence electrons. The number of hydrogen-bond acceptors (Lipinski definition) is 5. The number of sulfone groups is 1. The van der Waals surface area contributed by atoms with E-state index in [0.29, 0.717) is 5.17 Å². The summed E-state index contributed by atoms with van der Waals surface area (Å²) in [6, 6.07) is 7.27. The number of para-hydroxylation sites is 1. The molecule has 9 heteroatoms. The summed E-state index contributed by atoms with van der Waals surface area (Å²) in [5, 5.41) is 8.98. The Morgan fingerprint density at radius 3 is 2.68 bits per heavy atom. The van der Waals surface area contributed by atoms with Crippen LogP contribution in [-0.2, 0) is 19.4 Å². The second-order valence-electron chi connectivity index (χ2n) is 6.14. The Hall–Kier alpha value is -1.87. The Labute approximate surface area is 150 Å². The van der Waals surface area contributed by atoms with E-state index in [9.17, 15) is 18.0 Å². The lowest BCUT2D eigenvalue weighted by atomic mass is 10.1. The zero-order valence-electron chi connectivity index (χ0n) is 13.6. The fraction of sp³-hybridized carbons (Fsp3) is 0.438. The maximum Gasteiger partial charge on any atom is 0.303 e. The van der Waals surface area contributed by atoms with Gasteiger partial charge in [-0.3, -0.25) is 9.59 Å². The lowest BCUT2D eigenvalue weighted by molar-refractivity contribution is -0.138. The molecule has 2 heterocycles. The number of amides is 1. The number of carbonyl (C=O) groups is 2. The number of aliphatic imine (C=N–C) groups is 1. The molecule has 7 nitrogen and oxygen atoms in total. The van der Waals surface area contributed by atoms with E-state index in [-0.39, 0.29) is 35.6 Å². The van der Waals surface area contributed by atoms with Crippen LogP contribution < -0.4 is 4.90 Å². The zero-order chi connectivity index (χ0) is 18.2. The highest BCUT2D eigenvalue weighted by atomic mass is 32.2. The van der Waals surface area contributed by atoms with Crippen LogP contribution >= 0.6 is 11.8 Å². The molecule has 0 unspecified atom stereocenters. The second-order valence-corrected chi connectivity index (χ2v) is 9.50. The average molecular weight is 382 g/mol. The lowest BCUT2D eigenvalue weighted by Crippen LogP contribution is -2.38. The number of fused-ring (bicyclic) bond motifs is 1. The number of nitrogens with zero attached hydrogens (tertiary/aromatic N) is 2. The number of aryl methyl sites for hydroxylation is 1. The maximum atomic E-state index is 12.0. The van der Waals surface area contributed by atoms with Gasteiger partial charge >= 0.3 is 5.97 Å². The van der Waals surface area contributed by atoms with Crippen LogP contribution in [0.2, 0.25) is 0 Å². The molecule has 0 spiro atoms. The van der Waals surface area contributed by atoms with Gasteiger partial charge in [0.1, 0.15) is 0 Å². The van der Waals surface area contributed by atoms with E-state index in [2.05, 4.69) is 4.99 Å². The molecule has 1 aromatic carbocycles. The lowest BCUT2D eigenvalue weighted by Gasteiger charge is -2.26. The standard InChI is InChI=1S/C16H18N2O5S2/c1-10-4-2-3-5-11(10)18-12-8-25(22,23)9-13(12)24-16(18)17-14(19)6-7-15(20)21/h2-5,12-13H,6-9H2,1H3,(H,20,21)/t12-,13-/m1/s1. The molecule has 25 heavy (non-hydrogen) atoms. The number of aliphatic carboxylic acids is 1. The third-order valence-corrected chi connectivity index (χ3v) is 7.42. The number of anilines is 1. The molecule has 1 aromatic rings. The zero-order valence-corrected chi connectivity index (χ0v) is 15.2. The van der Waals surface area contributed by atoms with Crippen LogP contribution in [0.5, 0.6) is 0 Å². The summed E-state index contributed by atoms with van der Waals surface area (Å²) in [4.78, 5) is 28.5. The highest BCUT2D eigenvalue weighted by Gasteiger charge is 2.49. The van der Waals surface area contributed by atoms with Crippen LogP contribution in [0.1, 0.15) is 18.4 Å². The number of thioether (sulfide) groups is 1. The first kappa shape index (κ1) is 17.9. The topological polar surface area (TPSA) is 104 Å². The van der Waals surface area contributed by atoms with E-state index < -0.39 is 21.7 Å². The van der Waals surface area contributed by atoms with Crippen molar-refractivity contribution in [2.75, 3.05) is 16.4 Å². The molecule has 0 saturated carbocycles. The van der Waals surface area contributed by atoms with E-state index in [1.807, 2.05) is 36.1 Å². The largest absolute Gasteiger partial charge is 0.481 e. The molecule has 0 bridgehead atoms. The van der Waals surface area contributed by atoms with Crippen molar-refractivity contribution < 1.29 is 23.1 Å². The monoisotopic (exact) mass is 382 g/mol. The predicted molar refractivity (Wildman–Crippen MR) is 96.8 cm³/mol. The van der Waals surface area contributed by atoms with Gasteiger partial charge in [0.2, 0.25) is 5.91 Å². The number of rotatable bonds is 4. The van der Waals surface area contributed by atoms with Gasteiger partial charge in [-0.05, 0) is 18.6 Å². The smallest absolute Gasteiger partial charge is 0.303 e. The molecule has 0 aliphatic carbocycles. The van der Waals surface area contributed by atoms with Gasteiger partial charge in [0.25, 0.3) is 0 Å². The molecule has 2 fully saturated rings. The van der Waals surface area contributed by atoms with Gasteiger partial charge in [0, 0.05) is 17.4 Å². The highest BCUT2D eigenvalue weighted by molar-refractivity contribution is 8.16. The van der Waals surface area contributed by atoms with Crippen LogP contribution in [0.3, 0.4) is 0 Å². The van der Waals surface area contributed by atoms with Crippen LogP contribution in [0.4, 0.5) is 5.69 Å². The minimum atomic E-state index is -3.11. The van der Waals surface area contributed by atoms with Crippen molar-refractivity contribution in [3.05, 3.63) is 29.8 Å². The summed E-state index contributed by atoms with van der Waals surface area (Å²) in [5.74, 6) is -1.47. The molecule has 1 N–H and O–H groups in total. The van der Waals surface area contributed by atoms with E-state index in [0.717, 1.165) is 11.3 Å². The first-order chi connectivity index (χ1) is 11.8. The summed E-state index contributed by atoms with van der Waals surface area (Å²) in [7, 11) is -3.11. The van der Waals surface area contributed by atoms with Crippen molar-refractivity contribution in [1.29, 1.82) is 0 Å². The fourth-order valence-electron chi connectivity index (χ4n) is 3.06. The Bertz CT molecular complexity index is 850. The Morgan fingerprint density at radius 2 is 2.00 bits per heavy atom. The molecule has 3 rings (SSSR count). The third-order valence-electron chi connectivity index (χ3n) is 4.21. The van der Waals surface area contributed by atoms with Gasteiger partial charge in [0.05, 0.1) is 24.0 Å². The minimum absolute atomic E-state index is 0.0291. The molecule has 2 aliphatic rings. The van der Waals surface area contributed by atoms with Crippen LogP contribution in [0, 0.1) is 6.92 Å². The Kier molecular flexibility index (Phi) is 4.88. The van der Waals surface area contributed by atoms with Crippen molar-refractivity contribution >= 4 is 44.3 Å². The third kappa shape index (κ3) is 3.87. The number of amidine groups is 1. The SMILES string of the molecule is Cc1ccccc1N1C(=NC(=O)CCC(=O)O)S[C@@H]2CS(=O)(=O)C[C@H]21. The number of benzene rings is 1. The Balaban J connectivity index is 1.94. The van der Waals surface area contributed by atoms with E-state index in [1.165, 1.54) is 11.8 Å². The molecule has 0 aromatic heterocycles. The van der Waals surface area contributed by atoms with Gasteiger partial charge in [0.15, 0.2) is 15.0 Å². The number of carboxylic acids is 1. The highest BCUT2D eigenvalue weighted by Crippen LogP contribution is 2.41. The van der Waals surface area contributed by atoms with Crippen LogP contribution in [-0.4, -0.2) is 53.4 Å². The number of hydrogen-bond donors (Lipinski definition) is 1. The van der Waals surface area contributed by atoms with Crippen molar-refractivity contribution in [3.8, 4) is 0 Å². The average Bonchev–Trinajstić information content (AvgIpc) is 2.97. The quantitative estimate of drug-likeness (QED) is 0.840. The normalized spacial score (nSPS) is 26.0. The first-order valence-corrected chi connectivity index (χ1v) is 10.5. The van der Waals surface area contributed by atoms with Gasteiger partial charge in [-0.25, -0.2) is 8.42 Å². The summed E-state index contributed by atoms with van der Waals surface area (Å²) in [6.45, 7) is 1.92. The van der Waals surface area contributed by atoms with Gasteiger partial charge in [-0.1, -0.05) is 30.0 Å². The van der Waals surface area contributed by atoms with Crippen molar-refractivity contribution in [2.24, 2.45) is 4.99 Å². The minimum Gasteiger partial charge on any atom is -0.481 e. The van der Waals surface area contributed by atoms with E-state index in [1.54, 1.807) is 0 Å².